The van der Waals surface area contributed by atoms with Gasteiger partial charge in [-0.2, -0.15) is 0 Å². The second-order valence-corrected chi connectivity index (χ2v) is 22.6. The van der Waals surface area contributed by atoms with Crippen LogP contribution >= 0.6 is 0 Å². The summed E-state index contributed by atoms with van der Waals surface area (Å²) in [4.78, 5) is 60.9. The molecule has 0 bridgehead atoms. The summed E-state index contributed by atoms with van der Waals surface area (Å²) in [5.41, 5.74) is 10.8. The van der Waals surface area contributed by atoms with Crippen molar-refractivity contribution in [2.24, 2.45) is 11.8 Å². The third-order valence-electron chi connectivity index (χ3n) is 17.1. The molecule has 2 saturated carbocycles. The van der Waals surface area contributed by atoms with E-state index >= 15 is 0 Å². The van der Waals surface area contributed by atoms with E-state index in [9.17, 15) is 19.2 Å². The monoisotopic (exact) mass is 957 g/mol. The predicted molar refractivity (Wildman–Crippen MR) is 272 cm³/mol. The maximum atomic E-state index is 13.6. The molecule has 0 radical (unpaired) electrons. The van der Waals surface area contributed by atoms with Gasteiger partial charge in [0.1, 0.15) is 0 Å². The third-order valence-corrected chi connectivity index (χ3v) is 17.1. The Morgan fingerprint density at radius 3 is 1.23 bits per heavy atom. The summed E-state index contributed by atoms with van der Waals surface area (Å²) in [6, 6.07) is 5.27. The van der Waals surface area contributed by atoms with E-state index < -0.39 is 11.6 Å². The average Bonchev–Trinajstić information content (AvgIpc) is 3.85. The standard InChI is InChI=1S/2C29H38N2O4/c2*1-17-13-18(2)23(24(32)14-17)16-31-12-11-20-15-25-27(19(3)26(20)28(31)33)35-29(4,34-25)21-7-9-22(10-8-21)30(5)6/h2*13,15,21-22H,7-12,14,16H2,1-6H3/t2*21?,22?,29-/m10/s1. The summed E-state index contributed by atoms with van der Waals surface area (Å²) < 4.78 is 26.0. The first kappa shape index (κ1) is 49.8. The second kappa shape index (κ2) is 19.1. The molecule has 0 spiro atoms. The topological polar surface area (TPSA) is 118 Å². The summed E-state index contributed by atoms with van der Waals surface area (Å²) in [5, 5.41) is 0. The van der Waals surface area contributed by atoms with Crippen LogP contribution in [0.5, 0.6) is 23.0 Å². The van der Waals surface area contributed by atoms with Crippen LogP contribution in [0.15, 0.2) is 57.7 Å². The Morgan fingerprint density at radius 2 is 0.900 bits per heavy atom. The van der Waals surface area contributed by atoms with Crippen molar-refractivity contribution in [3.05, 3.63) is 91.1 Å². The molecule has 4 aliphatic heterocycles. The summed E-state index contributed by atoms with van der Waals surface area (Å²) in [5.74, 6) is 2.41. The number of hydrogen-bond acceptors (Lipinski definition) is 10. The highest BCUT2D eigenvalue weighted by molar-refractivity contribution is 6.04. The highest BCUT2D eigenvalue weighted by atomic mass is 16.7. The molecule has 0 aromatic heterocycles. The number of nitrogens with zero attached hydrogens (tertiary/aromatic N) is 4. The molecule has 0 unspecified atom stereocenters. The number of ketones is 2. The van der Waals surface area contributed by atoms with Gasteiger partial charge in [-0.15, -0.1) is 0 Å². The number of amides is 2. The predicted octanol–water partition coefficient (Wildman–Crippen LogP) is 9.67. The SMILES string of the molecule is CC1=CC(C)=C(CN2CCc3cc4c(c(C)c3C2=O)O[C@@](C)(C2CCC(N(C)C)CC2)O4)C(=O)C1.CC1=CC(C)=C(CN2CCc3cc4c(c(C)c3C2=O)O[C@](C)(C2CCC(N(C)C)CC2)O4)C(=O)C1. The fourth-order valence-corrected chi connectivity index (χ4v) is 12.8. The largest absolute Gasteiger partial charge is 0.448 e. The lowest BCUT2D eigenvalue weighted by Crippen LogP contribution is -2.46. The first-order chi connectivity index (χ1) is 33.1. The number of allylic oxidation sites excluding steroid dienone is 6. The maximum absolute atomic E-state index is 13.6. The van der Waals surface area contributed by atoms with Crippen LogP contribution in [-0.4, -0.2) is 121 Å². The number of carbonyl (C=O) groups is 4. The second-order valence-electron chi connectivity index (χ2n) is 22.6. The van der Waals surface area contributed by atoms with Crippen LogP contribution in [0.4, 0.5) is 0 Å². The number of carbonyl (C=O) groups excluding carboxylic acids is 4. The fraction of sp³-hybridized carbons (Fsp3) is 0.586. The van der Waals surface area contributed by atoms with E-state index in [4.69, 9.17) is 18.9 Å². The zero-order valence-electron chi connectivity index (χ0n) is 44.0. The molecular formula is C58H76N4O8. The summed E-state index contributed by atoms with van der Waals surface area (Å²) in [7, 11) is 8.61. The van der Waals surface area contributed by atoms with E-state index in [2.05, 4.69) is 64.0 Å². The molecule has 8 aliphatic rings. The molecule has 12 heteroatoms. The van der Waals surface area contributed by atoms with Crippen molar-refractivity contribution >= 4 is 23.4 Å². The average molecular weight is 957 g/mol. The van der Waals surface area contributed by atoms with Crippen molar-refractivity contribution in [3.8, 4) is 23.0 Å². The Hall–Kier alpha value is -5.20. The number of fused-ring (bicyclic) bond motifs is 4. The molecule has 4 aliphatic carbocycles. The number of hydrogen-bond donors (Lipinski definition) is 0. The van der Waals surface area contributed by atoms with Crippen LogP contribution in [-0.2, 0) is 22.4 Å². The summed E-state index contributed by atoms with van der Waals surface area (Å²) >= 11 is 0. The van der Waals surface area contributed by atoms with Crippen LogP contribution in [0.3, 0.4) is 0 Å². The van der Waals surface area contributed by atoms with Crippen LogP contribution < -0.4 is 18.9 Å². The number of benzene rings is 2. The van der Waals surface area contributed by atoms with Gasteiger partial charge in [0.05, 0.1) is 0 Å². The van der Waals surface area contributed by atoms with Crippen molar-refractivity contribution in [1.82, 2.24) is 19.6 Å². The first-order valence-corrected chi connectivity index (χ1v) is 25.9. The van der Waals surface area contributed by atoms with E-state index in [1.807, 2.05) is 63.5 Å². The number of Topliss-reactive ketones (excluding diaryl/α,β-unsaturated/α-hetero) is 2. The van der Waals surface area contributed by atoms with Gasteiger partial charge in [0, 0.05) is 110 Å². The lowest BCUT2D eigenvalue weighted by Gasteiger charge is -2.39. The van der Waals surface area contributed by atoms with Crippen molar-refractivity contribution in [3.63, 3.8) is 0 Å². The Morgan fingerprint density at radius 1 is 0.543 bits per heavy atom. The Labute approximate surface area is 416 Å². The molecule has 2 aromatic carbocycles. The molecule has 0 saturated heterocycles. The van der Waals surface area contributed by atoms with Crippen LogP contribution in [0.1, 0.15) is 149 Å². The van der Waals surface area contributed by atoms with E-state index in [1.165, 1.54) is 0 Å². The minimum absolute atomic E-state index is 0.0189. The summed E-state index contributed by atoms with van der Waals surface area (Å²) in [6.45, 7) is 17.9. The number of ether oxygens (including phenoxy) is 4. The van der Waals surface area contributed by atoms with Gasteiger partial charge >= 0.3 is 0 Å². The molecule has 2 atom stereocenters. The van der Waals surface area contributed by atoms with Gasteiger partial charge < -0.3 is 38.5 Å². The van der Waals surface area contributed by atoms with Crippen molar-refractivity contribution in [2.75, 3.05) is 54.4 Å². The Bertz CT molecular complexity index is 2460. The molecule has 12 nitrogen and oxygen atoms in total. The zero-order chi connectivity index (χ0) is 50.1. The molecule has 376 valence electrons. The van der Waals surface area contributed by atoms with Gasteiger partial charge in [0.25, 0.3) is 23.4 Å². The van der Waals surface area contributed by atoms with E-state index in [-0.39, 0.29) is 23.4 Å². The van der Waals surface area contributed by atoms with Crippen molar-refractivity contribution < 1.29 is 38.1 Å². The quantitative estimate of drug-likeness (QED) is 0.253. The van der Waals surface area contributed by atoms with E-state index in [0.717, 1.165) is 131 Å². The highest BCUT2D eigenvalue weighted by Gasteiger charge is 2.49. The Kier molecular flexibility index (Phi) is 13.6. The lowest BCUT2D eigenvalue weighted by molar-refractivity contribution is -0.123. The van der Waals surface area contributed by atoms with E-state index in [0.29, 0.717) is 85.6 Å². The molecule has 4 heterocycles. The fourth-order valence-electron chi connectivity index (χ4n) is 12.8. The third kappa shape index (κ3) is 9.28. The van der Waals surface area contributed by atoms with Gasteiger partial charge in [-0.1, -0.05) is 23.3 Å². The molecule has 0 N–H and O–H groups in total. The maximum Gasteiger partial charge on any atom is 0.254 e. The van der Waals surface area contributed by atoms with Crippen LogP contribution in [0, 0.1) is 25.7 Å². The minimum Gasteiger partial charge on any atom is -0.448 e. The highest BCUT2D eigenvalue weighted by Crippen LogP contribution is 2.52. The molecular weight excluding hydrogens is 881 g/mol. The Balaban J connectivity index is 0.000000174. The van der Waals surface area contributed by atoms with Gasteiger partial charge in [0.2, 0.25) is 0 Å². The zero-order valence-corrected chi connectivity index (χ0v) is 44.0. The van der Waals surface area contributed by atoms with Crippen LogP contribution in [0.25, 0.3) is 0 Å². The molecule has 2 fully saturated rings. The van der Waals surface area contributed by atoms with Gasteiger partial charge in [-0.25, -0.2) is 0 Å². The van der Waals surface area contributed by atoms with Crippen molar-refractivity contribution in [2.45, 2.75) is 156 Å². The summed E-state index contributed by atoms with van der Waals surface area (Å²) in [6.07, 6.45) is 15.3. The molecule has 10 rings (SSSR count). The lowest BCUT2D eigenvalue weighted by atomic mass is 9.81. The van der Waals surface area contributed by atoms with Gasteiger partial charge in [-0.05, 0) is 168 Å². The minimum atomic E-state index is -0.697. The number of rotatable bonds is 8. The van der Waals surface area contributed by atoms with Gasteiger partial charge in [0.15, 0.2) is 34.6 Å². The first-order valence-electron chi connectivity index (χ1n) is 25.9. The van der Waals surface area contributed by atoms with Crippen LogP contribution in [0.2, 0.25) is 0 Å². The molecule has 70 heavy (non-hydrogen) atoms. The van der Waals surface area contributed by atoms with Gasteiger partial charge in [-0.3, -0.25) is 19.2 Å². The van der Waals surface area contributed by atoms with E-state index in [1.54, 1.807) is 0 Å². The smallest absolute Gasteiger partial charge is 0.254 e. The molecule has 2 amide bonds. The normalized spacial score (nSPS) is 28.5. The molecule has 2 aromatic rings. The van der Waals surface area contributed by atoms with Crippen molar-refractivity contribution in [1.29, 1.82) is 0 Å².